The number of carbonyl (C=O) groups is 1. The molecule has 0 fully saturated rings. The molecule has 0 bridgehead atoms. The van der Waals surface area contributed by atoms with E-state index in [2.05, 4.69) is 12.6 Å². The van der Waals surface area contributed by atoms with Crippen LogP contribution in [0.25, 0.3) is 11.1 Å². The Morgan fingerprint density at radius 1 is 1.00 bits per heavy atom. The molecule has 0 heterocycles. The van der Waals surface area contributed by atoms with Crippen LogP contribution in [0.1, 0.15) is 10.4 Å². The summed E-state index contributed by atoms with van der Waals surface area (Å²) in [5.74, 6) is -0.913. The van der Waals surface area contributed by atoms with Gasteiger partial charge in [0.05, 0.1) is 5.56 Å². The highest BCUT2D eigenvalue weighted by Gasteiger charge is 2.04. The Morgan fingerprint density at radius 3 is 2.25 bits per heavy atom. The molecule has 80 valence electrons. The van der Waals surface area contributed by atoms with E-state index in [0.29, 0.717) is 5.56 Å². The van der Waals surface area contributed by atoms with Crippen LogP contribution in [-0.4, -0.2) is 11.1 Å². The summed E-state index contributed by atoms with van der Waals surface area (Å²) in [6.45, 7) is 0. The summed E-state index contributed by atoms with van der Waals surface area (Å²) in [6.07, 6.45) is 0. The van der Waals surface area contributed by atoms with Crippen LogP contribution in [0.3, 0.4) is 0 Å². The Morgan fingerprint density at radius 2 is 1.62 bits per heavy atom. The molecule has 0 spiro atoms. The van der Waals surface area contributed by atoms with Crippen molar-refractivity contribution in [3.8, 4) is 11.1 Å². The first kappa shape index (κ1) is 10.8. The molecule has 0 aliphatic heterocycles. The number of hydrogen-bond donors (Lipinski definition) is 2. The van der Waals surface area contributed by atoms with Gasteiger partial charge in [0, 0.05) is 4.90 Å². The van der Waals surface area contributed by atoms with Crippen LogP contribution in [0, 0.1) is 0 Å². The molecule has 2 rings (SSSR count). The van der Waals surface area contributed by atoms with Crippen LogP contribution < -0.4 is 0 Å². The maximum absolute atomic E-state index is 10.8. The fourth-order valence-electron chi connectivity index (χ4n) is 1.52. The molecule has 0 amide bonds. The van der Waals surface area contributed by atoms with E-state index >= 15 is 0 Å². The van der Waals surface area contributed by atoms with Crippen LogP contribution >= 0.6 is 12.6 Å². The molecule has 0 aliphatic rings. The van der Waals surface area contributed by atoms with Crippen LogP contribution in [0.5, 0.6) is 0 Å². The van der Waals surface area contributed by atoms with Crippen molar-refractivity contribution < 1.29 is 9.90 Å². The zero-order valence-corrected chi connectivity index (χ0v) is 9.32. The van der Waals surface area contributed by atoms with E-state index in [4.69, 9.17) is 5.11 Å². The minimum absolute atomic E-state index is 0.294. The minimum atomic E-state index is -0.913. The minimum Gasteiger partial charge on any atom is -0.478 e. The lowest BCUT2D eigenvalue weighted by Crippen LogP contribution is -1.95. The van der Waals surface area contributed by atoms with Crippen molar-refractivity contribution in [2.45, 2.75) is 4.90 Å². The summed E-state index contributed by atoms with van der Waals surface area (Å²) < 4.78 is 0. The third kappa shape index (κ3) is 2.25. The maximum atomic E-state index is 10.8. The van der Waals surface area contributed by atoms with Gasteiger partial charge in [-0.05, 0) is 35.4 Å². The molecular formula is C13H10O2S. The van der Waals surface area contributed by atoms with E-state index in [1.165, 1.54) is 0 Å². The quantitative estimate of drug-likeness (QED) is 0.776. The summed E-state index contributed by atoms with van der Waals surface area (Å²) in [5, 5.41) is 8.90. The zero-order valence-electron chi connectivity index (χ0n) is 8.42. The van der Waals surface area contributed by atoms with Gasteiger partial charge in [-0.3, -0.25) is 0 Å². The number of thiol groups is 1. The smallest absolute Gasteiger partial charge is 0.335 e. The first-order valence-corrected chi connectivity index (χ1v) is 5.24. The van der Waals surface area contributed by atoms with E-state index in [0.717, 1.165) is 16.0 Å². The topological polar surface area (TPSA) is 37.3 Å². The Bertz CT molecular complexity index is 535. The fourth-order valence-corrected chi connectivity index (χ4v) is 1.74. The second kappa shape index (κ2) is 4.41. The fraction of sp³-hybridized carbons (Fsp3) is 0. The number of rotatable bonds is 2. The van der Waals surface area contributed by atoms with Crippen molar-refractivity contribution in [2.75, 3.05) is 0 Å². The van der Waals surface area contributed by atoms with Crippen molar-refractivity contribution in [3.63, 3.8) is 0 Å². The molecule has 0 saturated heterocycles. The van der Waals surface area contributed by atoms with Crippen molar-refractivity contribution in [1.29, 1.82) is 0 Å². The predicted molar refractivity (Wildman–Crippen MR) is 66.1 cm³/mol. The molecule has 0 aliphatic carbocycles. The number of benzene rings is 2. The average Bonchev–Trinajstić information content (AvgIpc) is 2.29. The lowest BCUT2D eigenvalue weighted by Gasteiger charge is -2.03. The largest absolute Gasteiger partial charge is 0.478 e. The average molecular weight is 230 g/mol. The molecule has 0 saturated carbocycles. The zero-order chi connectivity index (χ0) is 11.5. The van der Waals surface area contributed by atoms with E-state index in [1.54, 1.807) is 18.2 Å². The summed E-state index contributed by atoms with van der Waals surface area (Å²) in [7, 11) is 0. The number of carboxylic acid groups (broad SMARTS) is 1. The molecule has 0 aromatic heterocycles. The molecule has 2 nitrogen and oxygen atoms in total. The van der Waals surface area contributed by atoms with Gasteiger partial charge in [0.25, 0.3) is 0 Å². The Hall–Kier alpha value is -1.74. The van der Waals surface area contributed by atoms with Gasteiger partial charge in [0.15, 0.2) is 0 Å². The van der Waals surface area contributed by atoms with Gasteiger partial charge in [-0.1, -0.05) is 24.3 Å². The SMILES string of the molecule is O=C(O)c1cccc(-c2cccc(S)c2)c1. The van der Waals surface area contributed by atoms with Crippen molar-refractivity contribution in [3.05, 3.63) is 54.1 Å². The predicted octanol–water partition coefficient (Wildman–Crippen LogP) is 3.34. The first-order chi connectivity index (χ1) is 7.66. The summed E-state index contributed by atoms with van der Waals surface area (Å²) in [6, 6.07) is 14.5. The van der Waals surface area contributed by atoms with Crippen LogP contribution in [0.2, 0.25) is 0 Å². The highest BCUT2D eigenvalue weighted by Crippen LogP contribution is 2.22. The Kier molecular flexibility index (Phi) is 2.97. The molecule has 16 heavy (non-hydrogen) atoms. The summed E-state index contributed by atoms with van der Waals surface area (Å²) in [5.41, 5.74) is 2.15. The molecule has 0 atom stereocenters. The summed E-state index contributed by atoms with van der Waals surface area (Å²) in [4.78, 5) is 11.7. The van der Waals surface area contributed by atoms with Crippen molar-refractivity contribution in [2.24, 2.45) is 0 Å². The van der Waals surface area contributed by atoms with Crippen LogP contribution in [0.15, 0.2) is 53.4 Å². The number of hydrogen-bond acceptors (Lipinski definition) is 2. The van der Waals surface area contributed by atoms with Crippen molar-refractivity contribution >= 4 is 18.6 Å². The molecule has 3 heteroatoms. The lowest BCUT2D eigenvalue weighted by atomic mass is 10.0. The molecule has 2 aromatic rings. The monoisotopic (exact) mass is 230 g/mol. The molecule has 2 aromatic carbocycles. The van der Waals surface area contributed by atoms with Gasteiger partial charge in [-0.2, -0.15) is 0 Å². The first-order valence-electron chi connectivity index (χ1n) is 4.79. The molecular weight excluding hydrogens is 220 g/mol. The Balaban J connectivity index is 2.48. The van der Waals surface area contributed by atoms with Crippen molar-refractivity contribution in [1.82, 2.24) is 0 Å². The van der Waals surface area contributed by atoms with Gasteiger partial charge >= 0.3 is 5.97 Å². The second-order valence-electron chi connectivity index (χ2n) is 3.44. The number of aromatic carboxylic acids is 1. The molecule has 1 N–H and O–H groups in total. The van der Waals surface area contributed by atoms with Gasteiger partial charge in [0.2, 0.25) is 0 Å². The van der Waals surface area contributed by atoms with Crippen LogP contribution in [0.4, 0.5) is 0 Å². The van der Waals surface area contributed by atoms with Gasteiger partial charge in [-0.15, -0.1) is 12.6 Å². The lowest BCUT2D eigenvalue weighted by molar-refractivity contribution is 0.0697. The maximum Gasteiger partial charge on any atom is 0.335 e. The summed E-state index contributed by atoms with van der Waals surface area (Å²) >= 11 is 4.25. The van der Waals surface area contributed by atoms with E-state index in [9.17, 15) is 4.79 Å². The molecule has 0 radical (unpaired) electrons. The molecule has 0 unspecified atom stereocenters. The van der Waals surface area contributed by atoms with E-state index in [-0.39, 0.29) is 0 Å². The van der Waals surface area contributed by atoms with Gasteiger partial charge in [-0.25, -0.2) is 4.79 Å². The second-order valence-corrected chi connectivity index (χ2v) is 3.95. The highest BCUT2D eigenvalue weighted by atomic mass is 32.1. The number of carboxylic acids is 1. The van der Waals surface area contributed by atoms with Crippen LogP contribution in [-0.2, 0) is 0 Å². The highest BCUT2D eigenvalue weighted by molar-refractivity contribution is 7.80. The standard InChI is InChI=1S/C13H10O2S/c14-13(15)11-5-1-3-9(7-11)10-4-2-6-12(16)8-10/h1-8,16H,(H,14,15). The van der Waals surface area contributed by atoms with E-state index < -0.39 is 5.97 Å². The van der Waals surface area contributed by atoms with Gasteiger partial charge in [0.1, 0.15) is 0 Å². The van der Waals surface area contributed by atoms with Gasteiger partial charge < -0.3 is 5.11 Å². The van der Waals surface area contributed by atoms with E-state index in [1.807, 2.05) is 30.3 Å². The third-order valence-electron chi connectivity index (χ3n) is 2.29. The Labute approximate surface area is 99.0 Å². The third-order valence-corrected chi connectivity index (χ3v) is 2.57. The normalized spacial score (nSPS) is 10.1.